The Morgan fingerprint density at radius 3 is 1.62 bits per heavy atom. The van der Waals surface area contributed by atoms with Crippen LogP contribution in [0.15, 0.2) is 0 Å². The molecule has 0 rings (SSSR count). The van der Waals surface area contributed by atoms with Gasteiger partial charge in [-0.05, 0) is 6.42 Å². The highest BCUT2D eigenvalue weighted by Crippen LogP contribution is 2.03. The summed E-state index contributed by atoms with van der Waals surface area (Å²) in [7, 11) is 1.00. The summed E-state index contributed by atoms with van der Waals surface area (Å²) in [6, 6.07) is 0. The Morgan fingerprint density at radius 2 is 1.38 bits per heavy atom. The molecule has 0 saturated carbocycles. The van der Waals surface area contributed by atoms with Gasteiger partial charge in [0, 0.05) is 13.7 Å². The van der Waals surface area contributed by atoms with Gasteiger partial charge in [0.2, 0.25) is 0 Å². The Balaban J connectivity index is -0.000000142. The van der Waals surface area contributed by atoms with Crippen LogP contribution in [0, 0.1) is 0 Å². The number of aliphatic hydroxyl groups is 2. The first kappa shape index (κ1) is 19.4. The van der Waals surface area contributed by atoms with Crippen LogP contribution in [-0.4, -0.2) is 28.2 Å². The van der Waals surface area contributed by atoms with Crippen LogP contribution < -0.4 is 0 Å². The second-order valence-electron chi connectivity index (χ2n) is 2.03. The molecule has 0 heterocycles. The highest BCUT2D eigenvalue weighted by atomic mass is 35.6. The summed E-state index contributed by atoms with van der Waals surface area (Å²) >= 11 is 14.4. The molecule has 0 aromatic heterocycles. The Bertz CT molecular complexity index is 56.6. The number of aliphatic hydroxyl groups excluding tert-OH is 2. The molecule has 0 aromatic rings. The van der Waals surface area contributed by atoms with Gasteiger partial charge in [0.1, 0.15) is 0 Å². The van der Waals surface area contributed by atoms with Crippen LogP contribution in [0.5, 0.6) is 0 Å². The van der Waals surface area contributed by atoms with E-state index in [1.54, 1.807) is 0 Å². The third-order valence-corrected chi connectivity index (χ3v) is 1.01. The lowest BCUT2D eigenvalue weighted by atomic mass is 10.2. The van der Waals surface area contributed by atoms with Crippen molar-refractivity contribution in [2.45, 2.75) is 36.9 Å². The number of hydrogen-bond donors (Lipinski definition) is 2. The lowest BCUT2D eigenvalue weighted by Crippen LogP contribution is -1.80. The van der Waals surface area contributed by atoms with Crippen LogP contribution in [-0.2, 0) is 0 Å². The summed E-state index contributed by atoms with van der Waals surface area (Å²) in [4.78, 5) is 0. The smallest absolute Gasteiger partial charge is 0.180 e. The maximum absolute atomic E-state index is 8.29. The second-order valence-corrected chi connectivity index (χ2v) is 4.01. The van der Waals surface area contributed by atoms with E-state index in [1.165, 1.54) is 19.3 Å². The molecular weight excluding hydrogens is 234 g/mol. The lowest BCUT2D eigenvalue weighted by Gasteiger charge is -1.90. The van der Waals surface area contributed by atoms with Crippen LogP contribution in [0.3, 0.4) is 0 Å². The summed E-state index contributed by atoms with van der Waals surface area (Å²) in [5, 5.41) is 15.3. The van der Waals surface area contributed by atoms with Crippen LogP contribution >= 0.6 is 34.8 Å². The molecule has 2 N–H and O–H groups in total. The van der Waals surface area contributed by atoms with Gasteiger partial charge in [-0.25, -0.2) is 0 Å². The number of alkyl halides is 3. The lowest BCUT2D eigenvalue weighted by molar-refractivity contribution is 0.283. The fourth-order valence-electron chi connectivity index (χ4n) is 0.539. The number of rotatable bonds is 4. The number of unbranched alkanes of at least 4 members (excludes halogenated alkanes) is 3. The Morgan fingerprint density at radius 1 is 1.00 bits per heavy atom. The average Bonchev–Trinajstić information content (AvgIpc) is 2.08. The van der Waals surface area contributed by atoms with Gasteiger partial charge in [0.25, 0.3) is 0 Å². The zero-order valence-corrected chi connectivity index (χ0v) is 10.4. The van der Waals surface area contributed by atoms with Gasteiger partial charge in [-0.1, -0.05) is 61.0 Å². The van der Waals surface area contributed by atoms with E-state index >= 15 is 0 Å². The monoisotopic (exact) mass is 252 g/mol. The summed E-state index contributed by atoms with van der Waals surface area (Å²) in [5.74, 6) is 0. The largest absolute Gasteiger partial charge is 0.400 e. The van der Waals surface area contributed by atoms with Crippen LogP contribution in [0.1, 0.15) is 32.6 Å². The summed E-state index contributed by atoms with van der Waals surface area (Å²) in [5.41, 5.74) is 0. The second kappa shape index (κ2) is 23.0. The average molecular weight is 254 g/mol. The first-order valence-electron chi connectivity index (χ1n) is 4.13. The standard InChI is InChI=1S/C6H14O.CHCl3.CH4O/c1-2-3-4-5-6-7;2-1(3)4;1-2/h7H,2-6H2,1H3;1H;2H,1H3. The van der Waals surface area contributed by atoms with E-state index in [4.69, 9.17) is 45.0 Å². The highest BCUT2D eigenvalue weighted by Gasteiger charge is 1.81. The third kappa shape index (κ3) is 64.9. The van der Waals surface area contributed by atoms with Gasteiger partial charge in [0.15, 0.2) is 4.30 Å². The van der Waals surface area contributed by atoms with Crippen molar-refractivity contribution in [2.75, 3.05) is 13.7 Å². The molecule has 13 heavy (non-hydrogen) atoms. The van der Waals surface area contributed by atoms with Crippen LogP contribution in [0.25, 0.3) is 0 Å². The van der Waals surface area contributed by atoms with Crippen molar-refractivity contribution in [3.05, 3.63) is 0 Å². The molecule has 0 unspecified atom stereocenters. The topological polar surface area (TPSA) is 40.5 Å². The molecule has 0 fully saturated rings. The Kier molecular flexibility index (Phi) is 34.3. The molecule has 84 valence electrons. The van der Waals surface area contributed by atoms with Crippen molar-refractivity contribution in [1.29, 1.82) is 0 Å². The van der Waals surface area contributed by atoms with Gasteiger partial charge < -0.3 is 10.2 Å². The van der Waals surface area contributed by atoms with E-state index in [-0.39, 0.29) is 0 Å². The molecule has 0 atom stereocenters. The SMILES string of the molecule is CCCCCCO.CO.ClC(Cl)Cl. The molecule has 5 heteroatoms. The summed E-state index contributed by atoms with van der Waals surface area (Å²) < 4.78 is -0.750. The van der Waals surface area contributed by atoms with Crippen molar-refractivity contribution in [3.63, 3.8) is 0 Å². The van der Waals surface area contributed by atoms with E-state index in [1.807, 2.05) is 0 Å². The molecule has 0 saturated heterocycles. The third-order valence-electron chi connectivity index (χ3n) is 1.01. The van der Waals surface area contributed by atoms with E-state index < -0.39 is 4.30 Å². The molecule has 0 aliphatic rings. The molecule has 0 bridgehead atoms. The van der Waals surface area contributed by atoms with Crippen molar-refractivity contribution in [1.82, 2.24) is 0 Å². The first-order chi connectivity index (χ1) is 6.15. The zero-order chi connectivity index (χ0) is 11.1. The van der Waals surface area contributed by atoms with Crippen LogP contribution in [0.4, 0.5) is 0 Å². The molecule has 0 amide bonds. The molecular formula is C8H19Cl3O2. The summed E-state index contributed by atoms with van der Waals surface area (Å²) in [6.07, 6.45) is 4.68. The highest BCUT2D eigenvalue weighted by molar-refractivity contribution is 6.63. The fourth-order valence-corrected chi connectivity index (χ4v) is 0.539. The zero-order valence-electron chi connectivity index (χ0n) is 8.14. The van der Waals surface area contributed by atoms with E-state index in [9.17, 15) is 0 Å². The molecule has 0 aliphatic carbocycles. The fraction of sp³-hybridized carbons (Fsp3) is 1.00. The molecule has 0 aliphatic heterocycles. The van der Waals surface area contributed by atoms with Crippen molar-refractivity contribution in [3.8, 4) is 0 Å². The quantitative estimate of drug-likeness (QED) is 0.597. The van der Waals surface area contributed by atoms with Gasteiger partial charge in [-0.3, -0.25) is 0 Å². The predicted octanol–water partition coefficient (Wildman–Crippen LogP) is 3.15. The van der Waals surface area contributed by atoms with Gasteiger partial charge in [-0.15, -0.1) is 0 Å². The van der Waals surface area contributed by atoms with E-state index in [2.05, 4.69) is 6.92 Å². The van der Waals surface area contributed by atoms with E-state index in [0.29, 0.717) is 6.61 Å². The molecule has 2 nitrogen and oxygen atoms in total. The van der Waals surface area contributed by atoms with Crippen LogP contribution in [0.2, 0.25) is 0 Å². The van der Waals surface area contributed by atoms with Gasteiger partial charge >= 0.3 is 0 Å². The molecule has 0 aromatic carbocycles. The summed E-state index contributed by atoms with van der Waals surface area (Å²) in [6.45, 7) is 2.53. The minimum Gasteiger partial charge on any atom is -0.400 e. The van der Waals surface area contributed by atoms with Crippen molar-refractivity contribution >= 4 is 34.8 Å². The number of halogens is 3. The molecule has 0 radical (unpaired) electrons. The normalized spacial score (nSPS) is 8.31. The van der Waals surface area contributed by atoms with Gasteiger partial charge in [0.05, 0.1) is 0 Å². The minimum absolute atomic E-state index is 0.361. The van der Waals surface area contributed by atoms with Crippen molar-refractivity contribution in [2.24, 2.45) is 0 Å². The van der Waals surface area contributed by atoms with Gasteiger partial charge in [-0.2, -0.15) is 0 Å². The first-order valence-corrected chi connectivity index (χ1v) is 5.43. The maximum Gasteiger partial charge on any atom is 0.180 e. The Hall–Kier alpha value is 0.790. The Labute approximate surface area is 95.8 Å². The predicted molar refractivity (Wildman–Crippen MR) is 60.7 cm³/mol. The van der Waals surface area contributed by atoms with Crippen molar-refractivity contribution < 1.29 is 10.2 Å². The number of hydrogen-bond acceptors (Lipinski definition) is 2. The molecule has 0 spiro atoms. The minimum atomic E-state index is -0.750. The maximum atomic E-state index is 8.29. The van der Waals surface area contributed by atoms with E-state index in [0.717, 1.165) is 13.5 Å².